The summed E-state index contributed by atoms with van der Waals surface area (Å²) in [5, 5.41) is 0.357. The monoisotopic (exact) mass is 227 g/mol. The maximum atomic E-state index is 5.79. The summed E-state index contributed by atoms with van der Waals surface area (Å²) in [5.41, 5.74) is 0.787. The summed E-state index contributed by atoms with van der Waals surface area (Å²) < 4.78 is 13.3. The van der Waals surface area contributed by atoms with Gasteiger partial charge in [-0.1, -0.05) is 11.6 Å². The molecule has 0 aromatic carbocycles. The Morgan fingerprint density at radius 2 is 2.43 bits per heavy atom. The first kappa shape index (κ1) is 9.36. The van der Waals surface area contributed by atoms with Crippen LogP contribution in [0.4, 0.5) is 0 Å². The van der Waals surface area contributed by atoms with E-state index in [1.165, 1.54) is 0 Å². The molecule has 2 aromatic rings. The minimum Gasteiger partial charge on any atom is -0.484 e. The Hall–Kier alpha value is -1.20. The average Bonchev–Trinajstić information content (AvgIpc) is 2.69. The number of halogens is 1. The van der Waals surface area contributed by atoms with E-state index < -0.39 is 0 Å². The average molecular weight is 228 g/mol. The van der Waals surface area contributed by atoms with Gasteiger partial charge in [-0.05, 0) is 12.1 Å². The zero-order valence-electron chi connectivity index (χ0n) is 7.05. The number of rotatable bonds is 3. The first-order valence-electron chi connectivity index (χ1n) is 3.86. The zero-order chi connectivity index (χ0) is 9.80. The smallest absolute Gasteiger partial charge is 0.171 e. The Kier molecular flexibility index (Phi) is 2.90. The van der Waals surface area contributed by atoms with Gasteiger partial charge in [-0.3, -0.25) is 0 Å². The van der Waals surface area contributed by atoms with Gasteiger partial charge in [-0.2, -0.15) is 8.75 Å². The molecular weight excluding hydrogens is 222 g/mol. The summed E-state index contributed by atoms with van der Waals surface area (Å²) in [6.45, 7) is 0.363. The molecule has 2 rings (SSSR count). The molecule has 0 spiro atoms. The number of hydrogen-bond donors (Lipinski definition) is 0. The highest BCUT2D eigenvalue weighted by molar-refractivity contribution is 6.99. The van der Waals surface area contributed by atoms with E-state index in [4.69, 9.17) is 16.3 Å². The molecule has 2 heterocycles. The van der Waals surface area contributed by atoms with Gasteiger partial charge in [0.1, 0.15) is 12.3 Å². The van der Waals surface area contributed by atoms with E-state index in [0.29, 0.717) is 17.5 Å². The lowest BCUT2D eigenvalue weighted by Crippen LogP contribution is -1.96. The second-order valence-corrected chi connectivity index (χ2v) is 3.39. The lowest BCUT2D eigenvalue weighted by atomic mass is 10.4. The molecule has 6 heteroatoms. The van der Waals surface area contributed by atoms with Crippen LogP contribution in [0.2, 0.25) is 5.15 Å². The molecule has 0 N–H and O–H groups in total. The number of aromatic nitrogens is 3. The van der Waals surface area contributed by atoms with Crippen LogP contribution in [0.5, 0.6) is 5.75 Å². The molecule has 0 amide bonds. The Bertz CT molecular complexity index is 407. The predicted octanol–water partition coefficient (Wildman–Crippen LogP) is 2.17. The molecule has 0 unspecified atom stereocenters. The largest absolute Gasteiger partial charge is 0.484 e. The van der Waals surface area contributed by atoms with Crippen molar-refractivity contribution in [2.24, 2.45) is 0 Å². The maximum Gasteiger partial charge on any atom is 0.171 e. The third kappa shape index (κ3) is 2.18. The van der Waals surface area contributed by atoms with Crippen LogP contribution in [0.15, 0.2) is 24.5 Å². The molecule has 0 aliphatic rings. The van der Waals surface area contributed by atoms with Gasteiger partial charge in [0.15, 0.2) is 10.9 Å². The Morgan fingerprint density at radius 1 is 1.50 bits per heavy atom. The van der Waals surface area contributed by atoms with Gasteiger partial charge in [0, 0.05) is 6.20 Å². The molecule has 2 aromatic heterocycles. The van der Waals surface area contributed by atoms with Crippen LogP contribution >= 0.6 is 23.3 Å². The van der Waals surface area contributed by atoms with Gasteiger partial charge in [0.05, 0.1) is 17.9 Å². The summed E-state index contributed by atoms with van der Waals surface area (Å²) in [4.78, 5) is 3.89. The van der Waals surface area contributed by atoms with E-state index in [9.17, 15) is 0 Å². The fraction of sp³-hybridized carbons (Fsp3) is 0.125. The molecule has 0 aliphatic heterocycles. The van der Waals surface area contributed by atoms with Gasteiger partial charge in [-0.25, -0.2) is 4.98 Å². The first-order chi connectivity index (χ1) is 6.86. The van der Waals surface area contributed by atoms with Crippen molar-refractivity contribution in [2.75, 3.05) is 0 Å². The zero-order valence-corrected chi connectivity index (χ0v) is 8.63. The number of pyridine rings is 1. The fourth-order valence-electron chi connectivity index (χ4n) is 0.878. The Balaban J connectivity index is 2.02. The molecular formula is C8H6ClN3OS. The quantitative estimate of drug-likeness (QED) is 0.754. The minimum absolute atomic E-state index is 0.357. The highest BCUT2D eigenvalue weighted by atomic mass is 35.5. The SMILES string of the molecule is Clc1ncccc1OCc1cnsn1. The molecule has 0 fully saturated rings. The third-order valence-electron chi connectivity index (χ3n) is 1.51. The van der Waals surface area contributed by atoms with E-state index in [2.05, 4.69) is 13.7 Å². The van der Waals surface area contributed by atoms with Crippen LogP contribution in [0.3, 0.4) is 0 Å². The predicted molar refractivity (Wildman–Crippen MR) is 53.5 cm³/mol. The molecule has 72 valence electrons. The minimum atomic E-state index is 0.357. The van der Waals surface area contributed by atoms with Crippen molar-refractivity contribution in [1.29, 1.82) is 0 Å². The maximum absolute atomic E-state index is 5.79. The highest BCUT2D eigenvalue weighted by Gasteiger charge is 2.02. The van der Waals surface area contributed by atoms with Crippen LogP contribution in [-0.2, 0) is 6.61 Å². The molecule has 0 saturated carbocycles. The van der Waals surface area contributed by atoms with E-state index in [-0.39, 0.29) is 0 Å². The highest BCUT2D eigenvalue weighted by Crippen LogP contribution is 2.21. The van der Waals surface area contributed by atoms with Crippen molar-refractivity contribution >= 4 is 23.3 Å². The second-order valence-electron chi connectivity index (χ2n) is 2.48. The van der Waals surface area contributed by atoms with E-state index in [0.717, 1.165) is 17.4 Å². The third-order valence-corrected chi connectivity index (χ3v) is 2.31. The standard InChI is InChI=1S/C8H6ClN3OS/c9-8-7(2-1-3-10-8)13-5-6-4-11-14-12-6/h1-4H,5H2. The Labute approximate surface area is 89.9 Å². The summed E-state index contributed by atoms with van der Waals surface area (Å²) >= 11 is 6.95. The summed E-state index contributed by atoms with van der Waals surface area (Å²) in [6, 6.07) is 3.52. The van der Waals surface area contributed by atoms with Crippen LogP contribution in [0, 0.1) is 0 Å². The van der Waals surface area contributed by atoms with E-state index >= 15 is 0 Å². The number of ether oxygens (including phenoxy) is 1. The molecule has 0 radical (unpaired) electrons. The van der Waals surface area contributed by atoms with E-state index in [1.807, 2.05) is 0 Å². The molecule has 14 heavy (non-hydrogen) atoms. The van der Waals surface area contributed by atoms with Crippen molar-refractivity contribution in [2.45, 2.75) is 6.61 Å². The lowest BCUT2D eigenvalue weighted by molar-refractivity contribution is 0.301. The van der Waals surface area contributed by atoms with Crippen LogP contribution in [0.1, 0.15) is 5.69 Å². The topological polar surface area (TPSA) is 47.9 Å². The van der Waals surface area contributed by atoms with Gasteiger partial charge in [-0.15, -0.1) is 0 Å². The van der Waals surface area contributed by atoms with Crippen LogP contribution in [-0.4, -0.2) is 13.7 Å². The van der Waals surface area contributed by atoms with E-state index in [1.54, 1.807) is 24.5 Å². The molecule has 4 nitrogen and oxygen atoms in total. The van der Waals surface area contributed by atoms with Gasteiger partial charge in [0.25, 0.3) is 0 Å². The lowest BCUT2D eigenvalue weighted by Gasteiger charge is -2.03. The van der Waals surface area contributed by atoms with Gasteiger partial charge < -0.3 is 4.74 Å². The molecule has 0 atom stereocenters. The molecule has 0 aliphatic carbocycles. The Morgan fingerprint density at radius 3 is 3.14 bits per heavy atom. The summed E-state index contributed by atoms with van der Waals surface area (Å²) in [7, 11) is 0. The normalized spacial score (nSPS) is 10.1. The number of nitrogens with zero attached hydrogens (tertiary/aromatic N) is 3. The van der Waals surface area contributed by atoms with Crippen molar-refractivity contribution in [3.63, 3.8) is 0 Å². The van der Waals surface area contributed by atoms with Crippen LogP contribution < -0.4 is 4.74 Å². The van der Waals surface area contributed by atoms with Gasteiger partial charge in [0.2, 0.25) is 0 Å². The van der Waals surface area contributed by atoms with Crippen molar-refractivity contribution in [3.8, 4) is 5.75 Å². The van der Waals surface area contributed by atoms with Crippen molar-refractivity contribution in [1.82, 2.24) is 13.7 Å². The van der Waals surface area contributed by atoms with Gasteiger partial charge >= 0.3 is 0 Å². The van der Waals surface area contributed by atoms with Crippen LogP contribution in [0.25, 0.3) is 0 Å². The number of hydrogen-bond acceptors (Lipinski definition) is 5. The summed E-state index contributed by atoms with van der Waals surface area (Å²) in [5.74, 6) is 0.558. The van der Waals surface area contributed by atoms with Crippen molar-refractivity contribution in [3.05, 3.63) is 35.4 Å². The van der Waals surface area contributed by atoms with Crippen molar-refractivity contribution < 1.29 is 4.74 Å². The first-order valence-corrected chi connectivity index (χ1v) is 4.97. The summed E-state index contributed by atoms with van der Waals surface area (Å²) in [6.07, 6.45) is 3.27. The molecule has 0 saturated heterocycles. The second kappa shape index (κ2) is 4.34. The fourth-order valence-corrected chi connectivity index (χ4v) is 1.47. The molecule has 0 bridgehead atoms.